The summed E-state index contributed by atoms with van der Waals surface area (Å²) in [6, 6.07) is 6.60. The fourth-order valence-corrected chi connectivity index (χ4v) is 2.79. The van der Waals surface area contributed by atoms with Gasteiger partial charge in [0.2, 0.25) is 5.91 Å². The summed E-state index contributed by atoms with van der Waals surface area (Å²) in [5, 5.41) is 3.23. The number of rotatable bonds is 8. The normalized spacial score (nSPS) is 10.9. The van der Waals surface area contributed by atoms with Crippen molar-refractivity contribution in [3.8, 4) is 0 Å². The van der Waals surface area contributed by atoms with Gasteiger partial charge < -0.3 is 11.1 Å². The monoisotopic (exact) mass is 407 g/mol. The number of carbonyl (C=O) groups excluding carboxylic acids is 2. The summed E-state index contributed by atoms with van der Waals surface area (Å²) in [6.45, 7) is 1.82. The third-order valence-corrected chi connectivity index (χ3v) is 4.17. The summed E-state index contributed by atoms with van der Waals surface area (Å²) < 4.78 is 1.15. The second-order valence-corrected chi connectivity index (χ2v) is 6.76. The Morgan fingerprint density at radius 2 is 1.86 bits per heavy atom. The van der Waals surface area contributed by atoms with Crippen LogP contribution in [0.15, 0.2) is 33.9 Å². The molecule has 1 aromatic carbocycles. The third-order valence-electron chi connectivity index (χ3n) is 3.92. The van der Waals surface area contributed by atoms with Gasteiger partial charge in [-0.2, -0.15) is 0 Å². The van der Waals surface area contributed by atoms with E-state index in [9.17, 15) is 19.2 Å². The van der Waals surface area contributed by atoms with Crippen molar-refractivity contribution in [3.63, 3.8) is 0 Å². The minimum atomic E-state index is -0.834. The highest BCUT2D eigenvalue weighted by atomic mass is 35.5. The molecule has 0 aliphatic rings. The molecular weight excluding hydrogens is 386 g/mol. The van der Waals surface area contributed by atoms with Crippen molar-refractivity contribution in [2.24, 2.45) is 0 Å². The number of ketones is 1. The second kappa shape index (κ2) is 9.34. The molecule has 0 spiro atoms. The summed E-state index contributed by atoms with van der Waals surface area (Å²) in [6.07, 6.45) is 0.606. The Labute approximate surface area is 166 Å². The highest BCUT2D eigenvalue weighted by molar-refractivity contribution is 6.30. The van der Waals surface area contributed by atoms with Gasteiger partial charge in [-0.1, -0.05) is 18.5 Å². The number of hydrogen-bond acceptors (Lipinski definition) is 6. The number of aromatic amines is 1. The van der Waals surface area contributed by atoms with Crippen LogP contribution in [0.1, 0.15) is 23.7 Å². The lowest BCUT2D eigenvalue weighted by Gasteiger charge is -2.17. The number of carbonyl (C=O) groups is 2. The molecule has 2 aromatic rings. The Morgan fingerprint density at radius 1 is 1.21 bits per heavy atom. The molecule has 1 aromatic heterocycles. The summed E-state index contributed by atoms with van der Waals surface area (Å²) in [5.41, 5.74) is 4.68. The van der Waals surface area contributed by atoms with E-state index < -0.39 is 17.0 Å². The number of likely N-dealkylation sites (N-methyl/N-ethyl adjacent to an activating group) is 1. The average Bonchev–Trinajstić information content (AvgIpc) is 2.60. The number of H-pyrrole nitrogens is 1. The molecule has 10 heteroatoms. The summed E-state index contributed by atoms with van der Waals surface area (Å²) >= 11 is 5.80. The zero-order valence-electron chi connectivity index (χ0n) is 15.6. The van der Waals surface area contributed by atoms with E-state index in [-0.39, 0.29) is 36.9 Å². The van der Waals surface area contributed by atoms with Crippen LogP contribution < -0.4 is 22.3 Å². The van der Waals surface area contributed by atoms with Crippen molar-refractivity contribution >= 4 is 34.8 Å². The Morgan fingerprint density at radius 3 is 2.46 bits per heavy atom. The van der Waals surface area contributed by atoms with Gasteiger partial charge in [-0.15, -0.1) is 0 Å². The molecule has 4 N–H and O–H groups in total. The van der Waals surface area contributed by atoms with E-state index in [1.54, 1.807) is 31.3 Å². The summed E-state index contributed by atoms with van der Waals surface area (Å²) in [5.74, 6) is -1.08. The lowest BCUT2D eigenvalue weighted by Crippen LogP contribution is -2.40. The van der Waals surface area contributed by atoms with Gasteiger partial charge in [-0.05, 0) is 37.7 Å². The first-order valence-electron chi connectivity index (χ1n) is 8.62. The van der Waals surface area contributed by atoms with Crippen molar-refractivity contribution in [1.29, 1.82) is 0 Å². The number of anilines is 2. The number of benzene rings is 1. The van der Waals surface area contributed by atoms with Crippen LogP contribution >= 0.6 is 11.6 Å². The molecule has 0 aliphatic heterocycles. The Hall–Kier alpha value is -2.91. The second-order valence-electron chi connectivity index (χ2n) is 6.32. The van der Waals surface area contributed by atoms with Crippen molar-refractivity contribution in [2.75, 3.05) is 31.2 Å². The fourth-order valence-electron chi connectivity index (χ4n) is 2.66. The number of nitrogens with zero attached hydrogens (tertiary/aromatic N) is 2. The van der Waals surface area contributed by atoms with E-state index in [0.29, 0.717) is 17.1 Å². The molecule has 0 radical (unpaired) electrons. The minimum Gasteiger partial charge on any atom is -0.384 e. The van der Waals surface area contributed by atoms with Gasteiger partial charge in [0.1, 0.15) is 11.4 Å². The third kappa shape index (κ3) is 5.30. The van der Waals surface area contributed by atoms with Crippen molar-refractivity contribution in [3.05, 3.63) is 55.7 Å². The number of nitrogen functional groups attached to an aromatic ring is 1. The first-order chi connectivity index (χ1) is 13.2. The zero-order valence-corrected chi connectivity index (χ0v) is 16.4. The number of nitrogens with two attached hydrogens (primary N) is 1. The average molecular weight is 408 g/mol. The smallest absolute Gasteiger partial charge is 0.329 e. The molecule has 0 saturated carbocycles. The van der Waals surface area contributed by atoms with Gasteiger partial charge >= 0.3 is 5.69 Å². The largest absolute Gasteiger partial charge is 0.384 e. The van der Waals surface area contributed by atoms with Crippen LogP contribution in [-0.4, -0.2) is 46.3 Å². The Kier molecular flexibility index (Phi) is 7.13. The molecule has 150 valence electrons. The van der Waals surface area contributed by atoms with E-state index >= 15 is 0 Å². The molecule has 0 saturated heterocycles. The van der Waals surface area contributed by atoms with E-state index in [4.69, 9.17) is 17.3 Å². The van der Waals surface area contributed by atoms with Crippen LogP contribution in [0.2, 0.25) is 5.02 Å². The highest BCUT2D eigenvalue weighted by Crippen LogP contribution is 2.13. The van der Waals surface area contributed by atoms with E-state index in [0.717, 1.165) is 4.57 Å². The Balaban J connectivity index is 2.07. The molecule has 28 heavy (non-hydrogen) atoms. The van der Waals surface area contributed by atoms with Crippen LogP contribution in [-0.2, 0) is 11.3 Å². The number of hydrogen-bond donors (Lipinski definition) is 3. The van der Waals surface area contributed by atoms with Crippen LogP contribution in [0.3, 0.4) is 0 Å². The number of Topliss-reactive ketones (excluding diaryl/α,β-unsaturated/α-hetero) is 1. The van der Waals surface area contributed by atoms with Gasteiger partial charge in [-0.25, -0.2) is 4.79 Å². The summed E-state index contributed by atoms with van der Waals surface area (Å²) in [7, 11) is 1.56. The van der Waals surface area contributed by atoms with Crippen LogP contribution in [0.4, 0.5) is 11.5 Å². The fraction of sp³-hybridized carbons (Fsp3) is 0.333. The van der Waals surface area contributed by atoms with Gasteiger partial charge in [0, 0.05) is 17.3 Å². The standard InChI is InChI=1S/C18H22ClN5O4/c1-3-8-24-16(20)15(17(27)22-18(24)28)13(25)9-23(2)10-14(26)21-12-6-4-11(19)5-7-12/h4-7H,3,8-10,20H2,1-2H3,(H,21,26)(H,22,27,28). The molecule has 0 atom stereocenters. The molecule has 0 aliphatic carbocycles. The minimum absolute atomic E-state index is 0.0826. The summed E-state index contributed by atoms with van der Waals surface area (Å²) in [4.78, 5) is 52.1. The number of aromatic nitrogens is 2. The maximum atomic E-state index is 12.5. The molecule has 0 bridgehead atoms. The predicted octanol–water partition coefficient (Wildman–Crippen LogP) is 0.935. The predicted molar refractivity (Wildman–Crippen MR) is 108 cm³/mol. The van der Waals surface area contributed by atoms with Crippen molar-refractivity contribution in [2.45, 2.75) is 19.9 Å². The van der Waals surface area contributed by atoms with Crippen LogP contribution in [0.25, 0.3) is 0 Å². The van der Waals surface area contributed by atoms with E-state index in [1.165, 1.54) is 4.90 Å². The number of nitrogens with one attached hydrogen (secondary N) is 2. The van der Waals surface area contributed by atoms with Crippen molar-refractivity contribution < 1.29 is 9.59 Å². The van der Waals surface area contributed by atoms with Crippen molar-refractivity contribution in [1.82, 2.24) is 14.5 Å². The lowest BCUT2D eigenvalue weighted by atomic mass is 10.2. The molecule has 1 heterocycles. The number of amides is 1. The lowest BCUT2D eigenvalue weighted by molar-refractivity contribution is -0.116. The molecular formula is C18H22ClN5O4. The zero-order chi connectivity index (χ0) is 20.8. The highest BCUT2D eigenvalue weighted by Gasteiger charge is 2.21. The van der Waals surface area contributed by atoms with Crippen LogP contribution in [0.5, 0.6) is 0 Å². The molecule has 0 unspecified atom stereocenters. The molecule has 1 amide bonds. The first kappa shape index (κ1) is 21.4. The number of halogens is 1. The SMILES string of the molecule is CCCn1c(N)c(C(=O)CN(C)CC(=O)Nc2ccc(Cl)cc2)c(=O)[nH]c1=O. The maximum Gasteiger partial charge on any atom is 0.329 e. The van der Waals surface area contributed by atoms with Crippen LogP contribution in [0, 0.1) is 0 Å². The molecule has 9 nitrogen and oxygen atoms in total. The van der Waals surface area contributed by atoms with E-state index in [2.05, 4.69) is 10.3 Å². The van der Waals surface area contributed by atoms with Gasteiger partial charge in [-0.3, -0.25) is 28.8 Å². The molecule has 2 rings (SSSR count). The van der Waals surface area contributed by atoms with Gasteiger partial charge in [0.15, 0.2) is 5.78 Å². The topological polar surface area (TPSA) is 130 Å². The maximum absolute atomic E-state index is 12.5. The first-order valence-corrected chi connectivity index (χ1v) is 9.00. The Bertz CT molecular complexity index is 981. The molecule has 0 fully saturated rings. The van der Waals surface area contributed by atoms with Gasteiger partial charge in [0.05, 0.1) is 13.1 Å². The van der Waals surface area contributed by atoms with E-state index in [1.807, 2.05) is 6.92 Å². The quantitative estimate of drug-likeness (QED) is 0.558. The van der Waals surface area contributed by atoms with Gasteiger partial charge in [0.25, 0.3) is 5.56 Å².